The van der Waals surface area contributed by atoms with E-state index in [0.29, 0.717) is 6.54 Å². The van der Waals surface area contributed by atoms with Gasteiger partial charge in [-0.25, -0.2) is 0 Å². The van der Waals surface area contributed by atoms with Crippen LogP contribution in [0.25, 0.3) is 0 Å². The highest BCUT2D eigenvalue weighted by Crippen LogP contribution is 2.34. The molecule has 0 radical (unpaired) electrons. The fourth-order valence-corrected chi connectivity index (χ4v) is 5.01. The van der Waals surface area contributed by atoms with Crippen molar-refractivity contribution in [3.05, 3.63) is 43.7 Å². The van der Waals surface area contributed by atoms with Gasteiger partial charge in [0.1, 0.15) is 0 Å². The standard InChI is InChI=1S/C16H20ClNOS2/c17-14-7-6-13(21-14)15(12-5-4-10-20-12)18-11-16(19)8-2-1-3-9-16/h4-7,10,15,18-19H,1-3,8-9,11H2. The Hall–Kier alpha value is -0.390. The fourth-order valence-electron chi connectivity index (χ4n) is 2.96. The van der Waals surface area contributed by atoms with Gasteiger partial charge in [-0.05, 0) is 36.4 Å². The lowest BCUT2D eigenvalue weighted by Crippen LogP contribution is -2.43. The first-order chi connectivity index (χ1) is 10.2. The lowest BCUT2D eigenvalue weighted by Gasteiger charge is -2.33. The maximum atomic E-state index is 10.7. The minimum absolute atomic E-state index is 0.133. The molecule has 0 amide bonds. The summed E-state index contributed by atoms with van der Waals surface area (Å²) in [5, 5.41) is 16.4. The van der Waals surface area contributed by atoms with Crippen LogP contribution in [0.5, 0.6) is 0 Å². The second kappa shape index (κ2) is 6.80. The quantitative estimate of drug-likeness (QED) is 0.815. The molecule has 5 heteroatoms. The summed E-state index contributed by atoms with van der Waals surface area (Å²) in [7, 11) is 0. The van der Waals surface area contributed by atoms with E-state index in [1.165, 1.54) is 16.2 Å². The predicted molar refractivity (Wildman–Crippen MR) is 91.5 cm³/mol. The zero-order valence-corrected chi connectivity index (χ0v) is 14.2. The Bertz CT molecular complexity index is 561. The summed E-state index contributed by atoms with van der Waals surface area (Å²) >= 11 is 9.43. The Morgan fingerprint density at radius 3 is 2.62 bits per heavy atom. The molecule has 2 heterocycles. The van der Waals surface area contributed by atoms with Gasteiger partial charge in [0.15, 0.2) is 0 Å². The number of halogens is 1. The molecule has 21 heavy (non-hydrogen) atoms. The summed E-state index contributed by atoms with van der Waals surface area (Å²) in [5.74, 6) is 0. The molecule has 114 valence electrons. The second-order valence-electron chi connectivity index (χ2n) is 5.76. The van der Waals surface area contributed by atoms with E-state index in [1.54, 1.807) is 22.7 Å². The molecular formula is C16H20ClNOS2. The summed E-state index contributed by atoms with van der Waals surface area (Å²) in [4.78, 5) is 2.48. The Kier molecular flexibility index (Phi) is 5.02. The summed E-state index contributed by atoms with van der Waals surface area (Å²) < 4.78 is 0.810. The first-order valence-corrected chi connectivity index (χ1v) is 9.48. The van der Waals surface area contributed by atoms with Crippen molar-refractivity contribution in [1.29, 1.82) is 0 Å². The molecule has 2 aromatic heterocycles. The SMILES string of the molecule is OC1(CNC(c2cccs2)c2ccc(Cl)s2)CCCCC1. The van der Waals surface area contributed by atoms with Crippen molar-refractivity contribution >= 4 is 34.3 Å². The van der Waals surface area contributed by atoms with E-state index in [9.17, 15) is 5.11 Å². The Morgan fingerprint density at radius 2 is 2.00 bits per heavy atom. The molecule has 1 unspecified atom stereocenters. The van der Waals surface area contributed by atoms with Crippen LogP contribution < -0.4 is 5.32 Å². The normalized spacial score (nSPS) is 19.5. The van der Waals surface area contributed by atoms with Crippen molar-refractivity contribution in [2.24, 2.45) is 0 Å². The monoisotopic (exact) mass is 341 g/mol. The fraction of sp³-hybridized carbons (Fsp3) is 0.500. The summed E-state index contributed by atoms with van der Waals surface area (Å²) in [6, 6.07) is 8.36. The van der Waals surface area contributed by atoms with Crippen LogP contribution >= 0.6 is 34.3 Å². The van der Waals surface area contributed by atoms with Crippen LogP contribution in [0, 0.1) is 0 Å². The van der Waals surface area contributed by atoms with Crippen molar-refractivity contribution in [3.63, 3.8) is 0 Å². The van der Waals surface area contributed by atoms with Gasteiger partial charge in [0.25, 0.3) is 0 Å². The van der Waals surface area contributed by atoms with Gasteiger partial charge in [0.05, 0.1) is 16.0 Å². The molecule has 2 aromatic rings. The molecule has 1 aliphatic rings. The largest absolute Gasteiger partial charge is 0.389 e. The molecule has 1 aliphatic carbocycles. The number of thiophene rings is 2. The molecule has 2 nitrogen and oxygen atoms in total. The van der Waals surface area contributed by atoms with Gasteiger partial charge < -0.3 is 10.4 Å². The molecule has 1 atom stereocenters. The zero-order chi connectivity index (χ0) is 14.7. The van der Waals surface area contributed by atoms with E-state index < -0.39 is 5.60 Å². The number of rotatable bonds is 5. The molecule has 0 spiro atoms. The van der Waals surface area contributed by atoms with Crippen molar-refractivity contribution in [2.75, 3.05) is 6.54 Å². The highest BCUT2D eigenvalue weighted by Gasteiger charge is 2.30. The van der Waals surface area contributed by atoms with E-state index >= 15 is 0 Å². The minimum atomic E-state index is -0.547. The molecule has 0 saturated heterocycles. The van der Waals surface area contributed by atoms with E-state index in [4.69, 9.17) is 11.6 Å². The lowest BCUT2D eigenvalue weighted by atomic mass is 9.84. The molecule has 1 saturated carbocycles. The van der Waals surface area contributed by atoms with Crippen LogP contribution in [0.1, 0.15) is 47.9 Å². The third-order valence-electron chi connectivity index (χ3n) is 4.13. The zero-order valence-electron chi connectivity index (χ0n) is 11.8. The van der Waals surface area contributed by atoms with Gasteiger partial charge in [-0.2, -0.15) is 0 Å². The van der Waals surface area contributed by atoms with E-state index in [2.05, 4.69) is 28.9 Å². The average molecular weight is 342 g/mol. The van der Waals surface area contributed by atoms with Crippen molar-refractivity contribution in [2.45, 2.75) is 43.7 Å². The summed E-state index contributed by atoms with van der Waals surface area (Å²) in [6.07, 6.45) is 5.32. The van der Waals surface area contributed by atoms with Crippen LogP contribution in [-0.4, -0.2) is 17.3 Å². The smallest absolute Gasteiger partial charge is 0.0931 e. The Labute approximate surface area is 138 Å². The third-order valence-corrected chi connectivity index (χ3v) is 6.36. The number of nitrogens with one attached hydrogen (secondary N) is 1. The van der Waals surface area contributed by atoms with E-state index in [-0.39, 0.29) is 6.04 Å². The van der Waals surface area contributed by atoms with Crippen LogP contribution in [-0.2, 0) is 0 Å². The van der Waals surface area contributed by atoms with Crippen LogP contribution in [0.15, 0.2) is 29.6 Å². The van der Waals surface area contributed by atoms with Crippen molar-refractivity contribution in [1.82, 2.24) is 5.32 Å². The summed E-state index contributed by atoms with van der Waals surface area (Å²) in [6.45, 7) is 0.644. The maximum absolute atomic E-state index is 10.7. The first-order valence-electron chi connectivity index (χ1n) is 7.41. The third kappa shape index (κ3) is 3.88. The molecule has 3 rings (SSSR count). The van der Waals surface area contributed by atoms with Gasteiger partial charge in [0.2, 0.25) is 0 Å². The second-order valence-corrected chi connectivity index (χ2v) is 8.48. The van der Waals surface area contributed by atoms with Gasteiger partial charge in [-0.1, -0.05) is 36.9 Å². The highest BCUT2D eigenvalue weighted by molar-refractivity contribution is 7.16. The van der Waals surface area contributed by atoms with Gasteiger partial charge >= 0.3 is 0 Å². The number of hydrogen-bond donors (Lipinski definition) is 2. The van der Waals surface area contributed by atoms with Crippen molar-refractivity contribution in [3.8, 4) is 0 Å². The minimum Gasteiger partial charge on any atom is -0.389 e. The number of hydrogen-bond acceptors (Lipinski definition) is 4. The van der Waals surface area contributed by atoms with Crippen LogP contribution in [0.3, 0.4) is 0 Å². The molecule has 2 N–H and O–H groups in total. The Balaban J connectivity index is 1.74. The molecular weight excluding hydrogens is 322 g/mol. The summed E-state index contributed by atoms with van der Waals surface area (Å²) in [5.41, 5.74) is -0.547. The average Bonchev–Trinajstić information content (AvgIpc) is 3.12. The van der Waals surface area contributed by atoms with Crippen molar-refractivity contribution < 1.29 is 5.11 Å². The molecule has 0 bridgehead atoms. The molecule has 0 aliphatic heterocycles. The topological polar surface area (TPSA) is 32.3 Å². The van der Waals surface area contributed by atoms with Gasteiger partial charge in [-0.3, -0.25) is 0 Å². The molecule has 1 fully saturated rings. The van der Waals surface area contributed by atoms with Gasteiger partial charge in [-0.15, -0.1) is 22.7 Å². The highest BCUT2D eigenvalue weighted by atomic mass is 35.5. The van der Waals surface area contributed by atoms with Crippen LogP contribution in [0.4, 0.5) is 0 Å². The van der Waals surface area contributed by atoms with Crippen LogP contribution in [0.2, 0.25) is 4.34 Å². The van der Waals surface area contributed by atoms with Gasteiger partial charge in [0, 0.05) is 16.3 Å². The Morgan fingerprint density at radius 1 is 1.19 bits per heavy atom. The number of aliphatic hydroxyl groups is 1. The first kappa shape index (κ1) is 15.5. The van der Waals surface area contributed by atoms with E-state index in [0.717, 1.165) is 30.0 Å². The maximum Gasteiger partial charge on any atom is 0.0931 e. The molecule has 0 aromatic carbocycles. The predicted octanol–water partition coefficient (Wildman–Crippen LogP) is 4.84. The lowest BCUT2D eigenvalue weighted by molar-refractivity contribution is 0.00362. The van der Waals surface area contributed by atoms with E-state index in [1.807, 2.05) is 6.07 Å².